The molecule has 0 bridgehead atoms. The Morgan fingerprint density at radius 3 is 3.00 bits per heavy atom. The zero-order valence-corrected chi connectivity index (χ0v) is 10.0. The number of nitrogens with one attached hydrogen (secondary N) is 1. The quantitative estimate of drug-likeness (QED) is 0.884. The molecule has 3 rings (SSSR count). The molecule has 1 fully saturated rings. The van der Waals surface area contributed by atoms with Gasteiger partial charge in [0.25, 0.3) is 0 Å². The van der Waals surface area contributed by atoms with Gasteiger partial charge in [-0.05, 0) is 31.0 Å². The number of hydrogen-bond acceptors (Lipinski definition) is 3. The molecular formula is C13H15FN4. The van der Waals surface area contributed by atoms with Crippen LogP contribution in [0, 0.1) is 5.82 Å². The first-order valence-electron chi connectivity index (χ1n) is 6.19. The van der Waals surface area contributed by atoms with Crippen LogP contribution < -0.4 is 4.90 Å². The van der Waals surface area contributed by atoms with Crippen LogP contribution in [0.15, 0.2) is 30.6 Å². The molecule has 1 aliphatic rings. The molecule has 5 heteroatoms. The number of aromatic nitrogens is 3. The summed E-state index contributed by atoms with van der Waals surface area (Å²) >= 11 is 0. The van der Waals surface area contributed by atoms with Crippen molar-refractivity contribution in [3.63, 3.8) is 0 Å². The van der Waals surface area contributed by atoms with Crippen LogP contribution in [0.3, 0.4) is 0 Å². The van der Waals surface area contributed by atoms with Crippen molar-refractivity contribution < 1.29 is 4.39 Å². The number of rotatable bonds is 2. The number of aromatic amines is 1. The van der Waals surface area contributed by atoms with Crippen LogP contribution in [-0.4, -0.2) is 28.3 Å². The van der Waals surface area contributed by atoms with Crippen molar-refractivity contribution in [2.75, 3.05) is 18.0 Å². The fourth-order valence-corrected chi connectivity index (χ4v) is 2.49. The van der Waals surface area contributed by atoms with Gasteiger partial charge in [-0.15, -0.1) is 0 Å². The highest BCUT2D eigenvalue weighted by atomic mass is 19.1. The van der Waals surface area contributed by atoms with Gasteiger partial charge >= 0.3 is 0 Å². The van der Waals surface area contributed by atoms with Crippen LogP contribution in [-0.2, 0) is 0 Å². The number of pyridine rings is 1. The summed E-state index contributed by atoms with van der Waals surface area (Å²) in [4.78, 5) is 6.35. The summed E-state index contributed by atoms with van der Waals surface area (Å²) in [7, 11) is 0. The van der Waals surface area contributed by atoms with Crippen molar-refractivity contribution in [1.29, 1.82) is 0 Å². The SMILES string of the molecule is Fc1ccc(N2CCC[C@@H](c3ccn[nH]3)C2)nc1. The molecule has 0 spiro atoms. The molecule has 0 unspecified atom stereocenters. The Kier molecular flexibility index (Phi) is 2.96. The van der Waals surface area contributed by atoms with E-state index in [9.17, 15) is 4.39 Å². The normalized spacial score (nSPS) is 20.1. The number of anilines is 1. The van der Waals surface area contributed by atoms with E-state index >= 15 is 0 Å². The third-order valence-electron chi connectivity index (χ3n) is 3.42. The minimum atomic E-state index is -0.291. The van der Waals surface area contributed by atoms with E-state index in [1.807, 2.05) is 6.07 Å². The average molecular weight is 246 g/mol. The lowest BCUT2D eigenvalue weighted by molar-refractivity contribution is 0.497. The van der Waals surface area contributed by atoms with Crippen molar-refractivity contribution in [2.45, 2.75) is 18.8 Å². The van der Waals surface area contributed by atoms with E-state index in [1.54, 1.807) is 12.3 Å². The number of halogens is 1. The summed E-state index contributed by atoms with van der Waals surface area (Å²) in [6, 6.07) is 5.22. The first kappa shape index (κ1) is 11.2. The molecule has 2 aromatic heterocycles. The van der Waals surface area contributed by atoms with Gasteiger partial charge in [0.2, 0.25) is 0 Å². The number of hydrogen-bond donors (Lipinski definition) is 1. The highest BCUT2D eigenvalue weighted by Crippen LogP contribution is 2.27. The lowest BCUT2D eigenvalue weighted by atomic mass is 9.95. The lowest BCUT2D eigenvalue weighted by Crippen LogP contribution is -2.35. The van der Waals surface area contributed by atoms with E-state index in [4.69, 9.17) is 0 Å². The van der Waals surface area contributed by atoms with Gasteiger partial charge in [-0.2, -0.15) is 5.10 Å². The first-order chi connectivity index (χ1) is 8.83. The summed E-state index contributed by atoms with van der Waals surface area (Å²) in [5, 5.41) is 7.03. The van der Waals surface area contributed by atoms with Gasteiger partial charge in [-0.25, -0.2) is 9.37 Å². The molecular weight excluding hydrogens is 231 g/mol. The number of piperidine rings is 1. The Hall–Kier alpha value is -1.91. The van der Waals surface area contributed by atoms with E-state index in [2.05, 4.69) is 20.1 Å². The van der Waals surface area contributed by atoms with Crippen LogP contribution in [0.25, 0.3) is 0 Å². The first-order valence-corrected chi connectivity index (χ1v) is 6.19. The van der Waals surface area contributed by atoms with Crippen LogP contribution in [0.2, 0.25) is 0 Å². The average Bonchev–Trinajstić information content (AvgIpc) is 2.94. The van der Waals surface area contributed by atoms with Crippen molar-refractivity contribution >= 4 is 5.82 Å². The molecule has 3 heterocycles. The van der Waals surface area contributed by atoms with Gasteiger partial charge in [0.1, 0.15) is 11.6 Å². The molecule has 94 valence electrons. The molecule has 0 aromatic carbocycles. The van der Waals surface area contributed by atoms with Crippen LogP contribution >= 0.6 is 0 Å². The highest BCUT2D eigenvalue weighted by molar-refractivity contribution is 5.39. The third kappa shape index (κ3) is 2.20. The van der Waals surface area contributed by atoms with Crippen molar-refractivity contribution in [3.8, 4) is 0 Å². The fourth-order valence-electron chi connectivity index (χ4n) is 2.49. The second kappa shape index (κ2) is 4.76. The molecule has 18 heavy (non-hydrogen) atoms. The van der Waals surface area contributed by atoms with E-state index < -0.39 is 0 Å². The highest BCUT2D eigenvalue weighted by Gasteiger charge is 2.22. The minimum absolute atomic E-state index is 0.291. The Morgan fingerprint density at radius 2 is 2.28 bits per heavy atom. The van der Waals surface area contributed by atoms with Gasteiger partial charge < -0.3 is 4.90 Å². The summed E-state index contributed by atoms with van der Waals surface area (Å²) < 4.78 is 12.9. The zero-order valence-electron chi connectivity index (χ0n) is 10.0. The Bertz CT molecular complexity index is 494. The van der Waals surface area contributed by atoms with Gasteiger partial charge in [0, 0.05) is 30.9 Å². The minimum Gasteiger partial charge on any atom is -0.356 e. The zero-order chi connectivity index (χ0) is 12.4. The third-order valence-corrected chi connectivity index (χ3v) is 3.42. The van der Waals surface area contributed by atoms with Gasteiger partial charge in [0.15, 0.2) is 0 Å². The topological polar surface area (TPSA) is 44.8 Å². The van der Waals surface area contributed by atoms with Gasteiger partial charge in [-0.3, -0.25) is 5.10 Å². The maximum atomic E-state index is 12.9. The van der Waals surface area contributed by atoms with E-state index in [0.29, 0.717) is 5.92 Å². The van der Waals surface area contributed by atoms with Crippen molar-refractivity contribution in [2.24, 2.45) is 0 Å². The summed E-state index contributed by atoms with van der Waals surface area (Å²) in [5.74, 6) is 1.01. The Labute approximate surface area is 105 Å². The molecule has 1 aliphatic heterocycles. The predicted octanol–water partition coefficient (Wildman–Crippen LogP) is 2.33. The molecule has 0 radical (unpaired) electrons. The van der Waals surface area contributed by atoms with Gasteiger partial charge in [0.05, 0.1) is 6.20 Å². The Balaban J connectivity index is 1.76. The Morgan fingerprint density at radius 1 is 1.33 bits per heavy atom. The van der Waals surface area contributed by atoms with E-state index in [1.165, 1.54) is 18.0 Å². The number of H-pyrrole nitrogens is 1. The maximum absolute atomic E-state index is 12.9. The standard InChI is InChI=1S/C13H15FN4/c14-11-3-4-13(15-8-11)18-7-1-2-10(9-18)12-5-6-16-17-12/h3-6,8,10H,1-2,7,9H2,(H,16,17)/t10-/m1/s1. The largest absolute Gasteiger partial charge is 0.356 e. The summed E-state index contributed by atoms with van der Waals surface area (Å²) in [5.41, 5.74) is 1.17. The molecule has 4 nitrogen and oxygen atoms in total. The molecule has 0 aliphatic carbocycles. The van der Waals surface area contributed by atoms with Gasteiger partial charge in [-0.1, -0.05) is 0 Å². The second-order valence-electron chi connectivity index (χ2n) is 4.63. The van der Waals surface area contributed by atoms with Crippen LogP contribution in [0.4, 0.5) is 10.2 Å². The molecule has 0 saturated carbocycles. The maximum Gasteiger partial charge on any atom is 0.141 e. The second-order valence-corrected chi connectivity index (χ2v) is 4.63. The van der Waals surface area contributed by atoms with E-state index in [-0.39, 0.29) is 5.82 Å². The van der Waals surface area contributed by atoms with Crippen molar-refractivity contribution in [3.05, 3.63) is 42.1 Å². The number of nitrogens with zero attached hydrogens (tertiary/aromatic N) is 3. The van der Waals surface area contributed by atoms with Crippen LogP contribution in [0.5, 0.6) is 0 Å². The molecule has 1 saturated heterocycles. The van der Waals surface area contributed by atoms with Crippen LogP contribution in [0.1, 0.15) is 24.5 Å². The molecule has 0 amide bonds. The predicted molar refractivity (Wildman–Crippen MR) is 67.0 cm³/mol. The van der Waals surface area contributed by atoms with E-state index in [0.717, 1.165) is 31.7 Å². The lowest BCUT2D eigenvalue weighted by Gasteiger charge is -2.33. The summed E-state index contributed by atoms with van der Waals surface area (Å²) in [6.07, 6.45) is 5.32. The molecule has 2 aromatic rings. The molecule has 1 N–H and O–H groups in total. The molecule has 1 atom stereocenters. The fraction of sp³-hybridized carbons (Fsp3) is 0.385. The smallest absolute Gasteiger partial charge is 0.141 e. The monoisotopic (exact) mass is 246 g/mol. The van der Waals surface area contributed by atoms with Crippen molar-refractivity contribution in [1.82, 2.24) is 15.2 Å². The summed E-state index contributed by atoms with van der Waals surface area (Å²) in [6.45, 7) is 1.88.